The molecule has 0 saturated carbocycles. The predicted molar refractivity (Wildman–Crippen MR) is 92.4 cm³/mol. The molecule has 116 valence electrons. The second-order valence-electron chi connectivity index (χ2n) is 5.42. The SMILES string of the molecule is Cc1ccc(SC(C[N+](=O)[O-])c2ccc(N(C)C)cc2)cc1. The van der Waals surface area contributed by atoms with E-state index in [0.717, 1.165) is 16.1 Å². The molecule has 0 saturated heterocycles. The van der Waals surface area contributed by atoms with Crippen LogP contribution in [0.2, 0.25) is 0 Å². The first-order valence-corrected chi connectivity index (χ1v) is 7.96. The van der Waals surface area contributed by atoms with Crippen molar-refractivity contribution < 1.29 is 4.92 Å². The largest absolute Gasteiger partial charge is 0.378 e. The summed E-state index contributed by atoms with van der Waals surface area (Å²) in [5, 5.41) is 10.8. The summed E-state index contributed by atoms with van der Waals surface area (Å²) in [4.78, 5) is 13.8. The summed E-state index contributed by atoms with van der Waals surface area (Å²) in [6, 6.07) is 16.0. The molecule has 4 nitrogen and oxygen atoms in total. The van der Waals surface area contributed by atoms with Gasteiger partial charge in [-0.2, -0.15) is 0 Å². The normalized spacial score (nSPS) is 12.0. The quantitative estimate of drug-likeness (QED) is 0.456. The first-order chi connectivity index (χ1) is 10.5. The van der Waals surface area contributed by atoms with Gasteiger partial charge in [-0.25, -0.2) is 0 Å². The minimum absolute atomic E-state index is 0.0835. The number of nitro groups is 1. The van der Waals surface area contributed by atoms with Gasteiger partial charge in [-0.3, -0.25) is 10.1 Å². The fourth-order valence-electron chi connectivity index (χ4n) is 2.11. The molecule has 0 aliphatic carbocycles. The van der Waals surface area contributed by atoms with Gasteiger partial charge in [0.15, 0.2) is 0 Å². The average molecular weight is 316 g/mol. The Morgan fingerprint density at radius 3 is 2.18 bits per heavy atom. The molecule has 0 bridgehead atoms. The van der Waals surface area contributed by atoms with Crippen LogP contribution in [-0.2, 0) is 0 Å². The van der Waals surface area contributed by atoms with Gasteiger partial charge in [0.25, 0.3) is 0 Å². The molecule has 0 N–H and O–H groups in total. The third-order valence-electron chi connectivity index (χ3n) is 3.40. The second kappa shape index (κ2) is 7.31. The van der Waals surface area contributed by atoms with Crippen LogP contribution in [0, 0.1) is 17.0 Å². The maximum atomic E-state index is 11.0. The van der Waals surface area contributed by atoms with E-state index in [4.69, 9.17) is 0 Å². The highest BCUT2D eigenvalue weighted by Gasteiger charge is 2.19. The smallest absolute Gasteiger partial charge is 0.220 e. The number of rotatable bonds is 6. The van der Waals surface area contributed by atoms with Crippen LogP contribution in [0.4, 0.5) is 5.69 Å². The van der Waals surface area contributed by atoms with Crippen LogP contribution < -0.4 is 4.90 Å². The molecule has 5 heteroatoms. The fourth-order valence-corrected chi connectivity index (χ4v) is 3.23. The Balaban J connectivity index is 2.21. The lowest BCUT2D eigenvalue weighted by molar-refractivity contribution is -0.479. The Bertz CT molecular complexity index is 624. The maximum absolute atomic E-state index is 11.0. The minimum Gasteiger partial charge on any atom is -0.378 e. The van der Waals surface area contributed by atoms with Crippen molar-refractivity contribution in [1.29, 1.82) is 0 Å². The van der Waals surface area contributed by atoms with E-state index in [2.05, 4.69) is 0 Å². The van der Waals surface area contributed by atoms with Gasteiger partial charge in [0.1, 0.15) is 0 Å². The van der Waals surface area contributed by atoms with Crippen molar-refractivity contribution in [3.8, 4) is 0 Å². The number of hydrogen-bond donors (Lipinski definition) is 0. The zero-order valence-electron chi connectivity index (χ0n) is 13.0. The molecule has 0 spiro atoms. The van der Waals surface area contributed by atoms with E-state index in [1.165, 1.54) is 17.3 Å². The van der Waals surface area contributed by atoms with Crippen molar-refractivity contribution in [3.05, 3.63) is 69.8 Å². The maximum Gasteiger partial charge on any atom is 0.220 e. The van der Waals surface area contributed by atoms with E-state index in [-0.39, 0.29) is 16.7 Å². The Kier molecular flexibility index (Phi) is 5.44. The average Bonchev–Trinajstić information content (AvgIpc) is 2.48. The van der Waals surface area contributed by atoms with Crippen molar-refractivity contribution in [2.24, 2.45) is 0 Å². The Labute approximate surface area is 135 Å². The van der Waals surface area contributed by atoms with E-state index < -0.39 is 0 Å². The molecule has 0 aliphatic heterocycles. The number of benzene rings is 2. The number of nitrogens with zero attached hydrogens (tertiary/aromatic N) is 2. The van der Waals surface area contributed by atoms with Crippen LogP contribution in [0.15, 0.2) is 53.4 Å². The zero-order valence-corrected chi connectivity index (χ0v) is 13.8. The van der Waals surface area contributed by atoms with Gasteiger partial charge in [-0.1, -0.05) is 29.8 Å². The standard InChI is InChI=1S/C17H20N2O2S/c1-13-4-10-16(11-5-13)22-17(12-19(20)21)14-6-8-15(9-7-14)18(2)3/h4-11,17H,12H2,1-3H3. The Morgan fingerprint density at radius 1 is 1.09 bits per heavy atom. The molecule has 22 heavy (non-hydrogen) atoms. The zero-order chi connectivity index (χ0) is 16.1. The van der Waals surface area contributed by atoms with Crippen molar-refractivity contribution in [2.45, 2.75) is 17.1 Å². The molecule has 1 atom stereocenters. The number of aryl methyl sites for hydroxylation is 1. The highest BCUT2D eigenvalue weighted by molar-refractivity contribution is 7.99. The van der Waals surface area contributed by atoms with Gasteiger partial charge < -0.3 is 4.90 Å². The molecule has 2 rings (SSSR count). The summed E-state index contributed by atoms with van der Waals surface area (Å²) in [6.45, 7) is 1.95. The Hall–Kier alpha value is -2.01. The first-order valence-electron chi connectivity index (χ1n) is 7.08. The molecule has 0 radical (unpaired) electrons. The van der Waals surface area contributed by atoms with E-state index in [1.54, 1.807) is 0 Å². The third-order valence-corrected chi connectivity index (χ3v) is 4.65. The van der Waals surface area contributed by atoms with Crippen LogP contribution in [-0.4, -0.2) is 25.6 Å². The van der Waals surface area contributed by atoms with Crippen LogP contribution in [0.3, 0.4) is 0 Å². The lowest BCUT2D eigenvalue weighted by Crippen LogP contribution is -2.11. The molecule has 0 fully saturated rings. The summed E-state index contributed by atoms with van der Waals surface area (Å²) < 4.78 is 0. The second-order valence-corrected chi connectivity index (χ2v) is 6.70. The molecule has 0 aromatic heterocycles. The van der Waals surface area contributed by atoms with Gasteiger partial charge in [-0.05, 0) is 36.8 Å². The number of hydrogen-bond acceptors (Lipinski definition) is 4. The van der Waals surface area contributed by atoms with Crippen molar-refractivity contribution in [3.63, 3.8) is 0 Å². The van der Waals surface area contributed by atoms with Crippen molar-refractivity contribution in [1.82, 2.24) is 0 Å². The third kappa shape index (κ3) is 4.49. The summed E-state index contributed by atoms with van der Waals surface area (Å²) in [7, 11) is 3.95. The monoisotopic (exact) mass is 316 g/mol. The van der Waals surface area contributed by atoms with Gasteiger partial charge in [0.05, 0.1) is 5.25 Å². The van der Waals surface area contributed by atoms with Gasteiger partial charge >= 0.3 is 0 Å². The lowest BCUT2D eigenvalue weighted by Gasteiger charge is -2.16. The van der Waals surface area contributed by atoms with Crippen molar-refractivity contribution >= 4 is 17.4 Å². The van der Waals surface area contributed by atoms with E-state index in [1.807, 2.05) is 74.4 Å². The van der Waals surface area contributed by atoms with E-state index in [9.17, 15) is 10.1 Å². The van der Waals surface area contributed by atoms with E-state index >= 15 is 0 Å². The molecule has 2 aromatic rings. The van der Waals surface area contributed by atoms with Crippen LogP contribution in [0.25, 0.3) is 0 Å². The number of thioether (sulfide) groups is 1. The lowest BCUT2D eigenvalue weighted by atomic mass is 10.1. The fraction of sp³-hybridized carbons (Fsp3) is 0.294. The molecule has 1 unspecified atom stereocenters. The topological polar surface area (TPSA) is 46.4 Å². The summed E-state index contributed by atoms with van der Waals surface area (Å²) in [6.07, 6.45) is 0. The molecule has 0 heterocycles. The van der Waals surface area contributed by atoms with Crippen molar-refractivity contribution in [2.75, 3.05) is 25.5 Å². The highest BCUT2D eigenvalue weighted by Crippen LogP contribution is 2.36. The van der Waals surface area contributed by atoms with Gasteiger partial charge in [-0.15, -0.1) is 11.8 Å². The number of anilines is 1. The van der Waals surface area contributed by atoms with Crippen LogP contribution >= 0.6 is 11.8 Å². The van der Waals surface area contributed by atoms with Gasteiger partial charge in [0, 0.05) is 29.6 Å². The van der Waals surface area contributed by atoms with Crippen LogP contribution in [0.5, 0.6) is 0 Å². The minimum atomic E-state index is -0.244. The molecular weight excluding hydrogens is 296 g/mol. The first kappa shape index (κ1) is 16.4. The summed E-state index contributed by atoms with van der Waals surface area (Å²) in [5.74, 6) is 0. The van der Waals surface area contributed by atoms with Gasteiger partial charge in [0.2, 0.25) is 6.54 Å². The van der Waals surface area contributed by atoms with Crippen LogP contribution in [0.1, 0.15) is 16.4 Å². The van der Waals surface area contributed by atoms with E-state index in [0.29, 0.717) is 0 Å². The molecule has 0 aliphatic rings. The molecule has 2 aromatic carbocycles. The Morgan fingerprint density at radius 2 is 1.68 bits per heavy atom. The highest BCUT2D eigenvalue weighted by atomic mass is 32.2. The molecule has 0 amide bonds. The summed E-state index contributed by atoms with van der Waals surface area (Å²) in [5.41, 5.74) is 3.25. The molecular formula is C17H20N2O2S. The summed E-state index contributed by atoms with van der Waals surface area (Å²) >= 11 is 1.54. The predicted octanol–water partition coefficient (Wildman–Crippen LogP) is 4.17.